The molecule has 1 heteroatoms. The Balaban J connectivity index is 0.000000461. The maximum absolute atomic E-state index is 3.74. The van der Waals surface area contributed by atoms with Crippen molar-refractivity contribution in [2.75, 3.05) is 7.05 Å². The third-order valence-electron chi connectivity index (χ3n) is 1.20. The molecule has 0 aromatic heterocycles. The van der Waals surface area contributed by atoms with Gasteiger partial charge in [-0.15, -0.1) is 0 Å². The number of para-hydroxylation sites is 1. The van der Waals surface area contributed by atoms with Crippen LogP contribution in [0.1, 0.15) is 13.8 Å². The van der Waals surface area contributed by atoms with Crippen molar-refractivity contribution in [2.45, 2.75) is 13.8 Å². The van der Waals surface area contributed by atoms with Gasteiger partial charge in [0.05, 0.1) is 0 Å². The van der Waals surface area contributed by atoms with Gasteiger partial charge in [-0.25, -0.2) is 4.58 Å². The minimum atomic E-state index is 1.14. The number of rotatable bonds is 1. The molecule has 11 heavy (non-hydrogen) atoms. The van der Waals surface area contributed by atoms with E-state index in [0.717, 1.165) is 5.69 Å². The molecule has 1 nitrogen and oxygen atoms in total. The molecular weight excluding hydrogens is 134 g/mol. The number of hydrogen-bond donors (Lipinski definition) is 0. The zero-order valence-corrected chi connectivity index (χ0v) is 7.54. The van der Waals surface area contributed by atoms with Gasteiger partial charge in [0.25, 0.3) is 0 Å². The lowest BCUT2D eigenvalue weighted by Gasteiger charge is -1.89. The van der Waals surface area contributed by atoms with Gasteiger partial charge >= 0.3 is 0 Å². The van der Waals surface area contributed by atoms with E-state index in [9.17, 15) is 0 Å². The molecule has 0 saturated carbocycles. The quantitative estimate of drug-likeness (QED) is 0.427. The number of hydrogen-bond acceptors (Lipinski definition) is 0. The molecule has 0 atom stereocenters. The first-order chi connectivity index (χ1) is 5.30. The van der Waals surface area contributed by atoms with Crippen LogP contribution in [0.5, 0.6) is 0 Å². The fraction of sp³-hybridized carbons (Fsp3) is 0.300. The van der Waals surface area contributed by atoms with Crippen molar-refractivity contribution in [3.63, 3.8) is 0 Å². The molecule has 1 aromatic rings. The monoisotopic (exact) mass is 150 g/mol. The van der Waals surface area contributed by atoms with E-state index in [4.69, 9.17) is 0 Å². The fourth-order valence-corrected chi connectivity index (χ4v) is 0.682. The van der Waals surface area contributed by atoms with E-state index >= 15 is 0 Å². The van der Waals surface area contributed by atoms with Crippen LogP contribution in [0.15, 0.2) is 30.3 Å². The summed E-state index contributed by atoms with van der Waals surface area (Å²) in [4.78, 5) is 0. The van der Waals surface area contributed by atoms with E-state index in [1.807, 2.05) is 55.8 Å². The minimum Gasteiger partial charge on any atom is -0.208 e. The van der Waals surface area contributed by atoms with E-state index in [2.05, 4.69) is 6.72 Å². The maximum Gasteiger partial charge on any atom is 0.204 e. The third kappa shape index (κ3) is 3.56. The summed E-state index contributed by atoms with van der Waals surface area (Å²) >= 11 is 0. The maximum atomic E-state index is 3.74. The summed E-state index contributed by atoms with van der Waals surface area (Å²) in [6.45, 7) is 7.74. The highest BCUT2D eigenvalue weighted by molar-refractivity contribution is 5.32. The standard InChI is InChI=1S/C8H10N.C2H6/c1-9(2)8-6-4-3-5-7-8;1-2/h3-7H,1H2,2H3;1-2H3/q+1;. The Bertz CT molecular complexity index is 201. The molecule has 0 unspecified atom stereocenters. The molecule has 0 heterocycles. The average molecular weight is 150 g/mol. The summed E-state index contributed by atoms with van der Waals surface area (Å²) in [5.74, 6) is 0. The van der Waals surface area contributed by atoms with E-state index < -0.39 is 0 Å². The molecule has 0 aliphatic heterocycles. The van der Waals surface area contributed by atoms with Crippen molar-refractivity contribution in [1.29, 1.82) is 0 Å². The van der Waals surface area contributed by atoms with Gasteiger partial charge < -0.3 is 0 Å². The van der Waals surface area contributed by atoms with Crippen LogP contribution in [0.25, 0.3) is 0 Å². The first kappa shape index (κ1) is 9.89. The molecule has 0 amide bonds. The summed E-state index contributed by atoms with van der Waals surface area (Å²) in [7, 11) is 1.93. The lowest BCUT2D eigenvalue weighted by molar-refractivity contribution is -0.394. The van der Waals surface area contributed by atoms with Gasteiger partial charge in [0.15, 0.2) is 0 Å². The summed E-state index contributed by atoms with van der Waals surface area (Å²) in [6, 6.07) is 10.0. The van der Waals surface area contributed by atoms with E-state index in [-0.39, 0.29) is 0 Å². The Morgan fingerprint density at radius 2 is 1.55 bits per heavy atom. The van der Waals surface area contributed by atoms with Crippen LogP contribution < -0.4 is 0 Å². The highest BCUT2D eigenvalue weighted by Gasteiger charge is 1.93. The van der Waals surface area contributed by atoms with Crippen LogP contribution in [0, 0.1) is 0 Å². The summed E-state index contributed by atoms with van der Waals surface area (Å²) < 4.78 is 1.83. The molecular formula is C10H16N+. The van der Waals surface area contributed by atoms with Gasteiger partial charge in [0.2, 0.25) is 5.69 Å². The second-order valence-corrected chi connectivity index (χ2v) is 2.03. The van der Waals surface area contributed by atoms with E-state index in [0.29, 0.717) is 0 Å². The normalized spacial score (nSPS) is 7.91. The van der Waals surface area contributed by atoms with Gasteiger partial charge in [0.1, 0.15) is 13.8 Å². The zero-order valence-electron chi connectivity index (χ0n) is 7.54. The molecule has 0 aliphatic carbocycles. The van der Waals surface area contributed by atoms with E-state index in [1.165, 1.54) is 0 Å². The highest BCUT2D eigenvalue weighted by Crippen LogP contribution is 2.05. The Hall–Kier alpha value is -1.11. The predicted molar refractivity (Wildman–Crippen MR) is 50.8 cm³/mol. The Morgan fingerprint density at radius 1 is 1.09 bits per heavy atom. The largest absolute Gasteiger partial charge is 0.208 e. The summed E-state index contributed by atoms with van der Waals surface area (Å²) in [5, 5.41) is 0. The Morgan fingerprint density at radius 3 is 1.82 bits per heavy atom. The molecule has 0 bridgehead atoms. The zero-order chi connectivity index (χ0) is 8.69. The molecule has 0 N–H and O–H groups in total. The van der Waals surface area contributed by atoms with Crippen LogP contribution in [0.4, 0.5) is 5.69 Å². The van der Waals surface area contributed by atoms with Crippen LogP contribution >= 0.6 is 0 Å². The Labute approximate surface area is 69.0 Å². The van der Waals surface area contributed by atoms with Crippen molar-refractivity contribution in [3.05, 3.63) is 30.3 Å². The first-order valence-corrected chi connectivity index (χ1v) is 3.90. The van der Waals surface area contributed by atoms with Crippen molar-refractivity contribution in [3.8, 4) is 0 Å². The van der Waals surface area contributed by atoms with Gasteiger partial charge in [-0.2, -0.15) is 0 Å². The second-order valence-electron chi connectivity index (χ2n) is 2.03. The number of nitrogens with zero attached hydrogens (tertiary/aromatic N) is 1. The van der Waals surface area contributed by atoms with Crippen molar-refractivity contribution < 1.29 is 4.58 Å². The Kier molecular flexibility index (Phi) is 5.09. The van der Waals surface area contributed by atoms with Crippen LogP contribution in [0.2, 0.25) is 0 Å². The molecule has 0 radical (unpaired) electrons. The average Bonchev–Trinajstić information content (AvgIpc) is 2.10. The second kappa shape index (κ2) is 5.66. The molecule has 1 rings (SSSR count). The summed E-state index contributed by atoms with van der Waals surface area (Å²) in [5.41, 5.74) is 1.14. The molecule has 0 saturated heterocycles. The predicted octanol–water partition coefficient (Wildman–Crippen LogP) is 2.69. The molecule has 60 valence electrons. The van der Waals surface area contributed by atoms with Crippen LogP contribution in [0.3, 0.4) is 0 Å². The highest BCUT2D eigenvalue weighted by atomic mass is 14.9. The SMILES string of the molecule is C=[N+](C)c1ccccc1.CC. The van der Waals surface area contributed by atoms with Crippen LogP contribution in [-0.4, -0.2) is 18.3 Å². The van der Waals surface area contributed by atoms with Crippen molar-refractivity contribution in [2.24, 2.45) is 0 Å². The summed E-state index contributed by atoms with van der Waals surface area (Å²) in [6.07, 6.45) is 0. The lowest BCUT2D eigenvalue weighted by Crippen LogP contribution is -1.90. The first-order valence-electron chi connectivity index (χ1n) is 3.90. The topological polar surface area (TPSA) is 3.01 Å². The molecule has 1 aromatic carbocycles. The van der Waals surface area contributed by atoms with Crippen molar-refractivity contribution >= 4 is 12.4 Å². The molecule has 0 spiro atoms. The molecule has 0 fully saturated rings. The van der Waals surface area contributed by atoms with E-state index in [1.54, 1.807) is 0 Å². The van der Waals surface area contributed by atoms with Gasteiger partial charge in [0, 0.05) is 12.1 Å². The smallest absolute Gasteiger partial charge is 0.204 e. The van der Waals surface area contributed by atoms with Crippen LogP contribution in [-0.2, 0) is 0 Å². The van der Waals surface area contributed by atoms with Gasteiger partial charge in [-0.1, -0.05) is 32.0 Å². The minimum absolute atomic E-state index is 1.14. The van der Waals surface area contributed by atoms with Gasteiger partial charge in [-0.05, 0) is 0 Å². The number of benzene rings is 1. The van der Waals surface area contributed by atoms with Crippen molar-refractivity contribution in [1.82, 2.24) is 0 Å². The fourth-order valence-electron chi connectivity index (χ4n) is 0.682. The van der Waals surface area contributed by atoms with Gasteiger partial charge in [-0.3, -0.25) is 0 Å². The third-order valence-corrected chi connectivity index (χ3v) is 1.20. The molecule has 0 aliphatic rings. The lowest BCUT2D eigenvalue weighted by atomic mass is 10.3.